The summed E-state index contributed by atoms with van der Waals surface area (Å²) in [4.78, 5) is 22.7. The molecule has 0 N–H and O–H groups in total. The highest BCUT2D eigenvalue weighted by Crippen LogP contribution is 2.14. The van der Waals surface area contributed by atoms with E-state index in [9.17, 15) is 9.59 Å². The molecule has 1 aromatic carbocycles. The zero-order valence-electron chi connectivity index (χ0n) is 32.9. The highest BCUT2D eigenvalue weighted by molar-refractivity contribution is 5.74. The third-order valence-corrected chi connectivity index (χ3v) is 7.44. The van der Waals surface area contributed by atoms with Crippen LogP contribution in [0, 0.1) is 5.92 Å². The summed E-state index contributed by atoms with van der Waals surface area (Å²) in [5.74, 6) is 0.568. The summed E-state index contributed by atoms with van der Waals surface area (Å²) in [6.07, 6.45) is 4.61. The van der Waals surface area contributed by atoms with Crippen molar-refractivity contribution >= 4 is 12.3 Å². The van der Waals surface area contributed by atoms with Crippen LogP contribution in [0.2, 0.25) is 0 Å². The van der Waals surface area contributed by atoms with Crippen molar-refractivity contribution in [1.29, 1.82) is 0 Å². The first-order valence-corrected chi connectivity index (χ1v) is 19.4. The molecule has 1 rings (SSSR count). The fourth-order valence-corrected chi connectivity index (χ4v) is 4.42. The number of hydrogen-bond acceptors (Lipinski definition) is 15. The van der Waals surface area contributed by atoms with Crippen molar-refractivity contribution in [2.75, 3.05) is 159 Å². The van der Waals surface area contributed by atoms with E-state index in [1.807, 2.05) is 6.92 Å². The second-order valence-corrected chi connectivity index (χ2v) is 11.7. The predicted molar refractivity (Wildman–Crippen MR) is 201 cm³/mol. The largest absolute Gasteiger partial charge is 0.491 e. The van der Waals surface area contributed by atoms with E-state index in [2.05, 4.69) is 6.92 Å². The molecule has 0 saturated carbocycles. The Morgan fingerprint density at radius 3 is 1.09 bits per heavy atom. The Morgan fingerprint density at radius 2 is 0.796 bits per heavy atom. The van der Waals surface area contributed by atoms with Crippen molar-refractivity contribution in [2.24, 2.45) is 5.92 Å². The van der Waals surface area contributed by atoms with Gasteiger partial charge in [-0.05, 0) is 37.1 Å². The molecular formula is C39H68O15. The Labute approximate surface area is 322 Å². The number of hydrogen-bond donors (Lipinski definition) is 0. The second-order valence-electron chi connectivity index (χ2n) is 11.7. The van der Waals surface area contributed by atoms with Gasteiger partial charge in [-0.2, -0.15) is 0 Å². The molecule has 0 radical (unpaired) electrons. The maximum Gasteiger partial charge on any atom is 0.308 e. The van der Waals surface area contributed by atoms with Gasteiger partial charge in [0.1, 0.15) is 25.2 Å². The molecule has 0 saturated heterocycles. The number of rotatable bonds is 43. The maximum absolute atomic E-state index is 12.0. The minimum Gasteiger partial charge on any atom is -0.491 e. The number of ether oxygens (including phenoxy) is 13. The second kappa shape index (κ2) is 40.4. The maximum atomic E-state index is 12.0. The van der Waals surface area contributed by atoms with Gasteiger partial charge in [0.05, 0.1) is 151 Å². The summed E-state index contributed by atoms with van der Waals surface area (Å²) in [6.45, 7) is 15.3. The van der Waals surface area contributed by atoms with E-state index in [0.29, 0.717) is 163 Å². The topological polar surface area (TPSA) is 154 Å². The van der Waals surface area contributed by atoms with E-state index in [0.717, 1.165) is 32.0 Å². The molecular weight excluding hydrogens is 708 g/mol. The molecule has 0 spiro atoms. The highest BCUT2D eigenvalue weighted by atomic mass is 16.6. The lowest BCUT2D eigenvalue weighted by Gasteiger charge is -2.13. The summed E-state index contributed by atoms with van der Waals surface area (Å²) >= 11 is 0. The minimum atomic E-state index is -0.124. The van der Waals surface area contributed by atoms with Gasteiger partial charge in [-0.25, -0.2) is 0 Å². The number of unbranched alkanes of at least 4 members (excludes halogenated alkanes) is 1. The van der Waals surface area contributed by atoms with Crippen LogP contribution in [0.1, 0.15) is 49.9 Å². The quantitative estimate of drug-likeness (QED) is 0.0536. The van der Waals surface area contributed by atoms with Gasteiger partial charge in [-0.15, -0.1) is 0 Å². The molecule has 0 aliphatic heterocycles. The van der Waals surface area contributed by atoms with Crippen molar-refractivity contribution in [2.45, 2.75) is 39.5 Å². The van der Waals surface area contributed by atoms with Crippen LogP contribution in [-0.4, -0.2) is 171 Å². The van der Waals surface area contributed by atoms with E-state index < -0.39 is 0 Å². The standard InChI is InChI=1S/C39H68O15/c1-3-5-6-37(4-2)39(41)54-34-32-52-30-28-50-26-24-48-22-20-46-18-16-44-14-12-42-11-13-43-15-17-45-19-21-47-23-25-49-27-29-51-31-33-53-38-9-7-36(35-40)8-10-38/h7-10,35,37H,3-6,11-34H2,1-2H3. The molecule has 314 valence electrons. The Bertz CT molecular complexity index is 937. The Hall–Kier alpha value is -2.28. The highest BCUT2D eigenvalue weighted by Gasteiger charge is 2.17. The Balaban J connectivity index is 1.65. The molecule has 0 fully saturated rings. The van der Waals surface area contributed by atoms with Gasteiger partial charge in [-0.3, -0.25) is 9.59 Å². The van der Waals surface area contributed by atoms with Crippen LogP contribution >= 0.6 is 0 Å². The summed E-state index contributed by atoms with van der Waals surface area (Å²) in [6, 6.07) is 6.93. The van der Waals surface area contributed by atoms with Gasteiger partial charge in [0.25, 0.3) is 0 Å². The number of benzene rings is 1. The van der Waals surface area contributed by atoms with Crippen LogP contribution in [0.4, 0.5) is 0 Å². The first-order valence-electron chi connectivity index (χ1n) is 19.4. The third kappa shape index (κ3) is 33.1. The van der Waals surface area contributed by atoms with Gasteiger partial charge in [0.2, 0.25) is 0 Å². The number of aldehydes is 1. The van der Waals surface area contributed by atoms with E-state index in [1.54, 1.807) is 24.3 Å². The molecule has 0 heterocycles. The smallest absolute Gasteiger partial charge is 0.308 e. The van der Waals surface area contributed by atoms with Crippen LogP contribution in [-0.2, 0) is 61.6 Å². The summed E-state index contributed by atoms with van der Waals surface area (Å²) in [5, 5.41) is 0. The normalized spacial score (nSPS) is 11.9. The summed E-state index contributed by atoms with van der Waals surface area (Å²) < 4.78 is 71.1. The molecule has 1 aromatic rings. The average molecular weight is 777 g/mol. The van der Waals surface area contributed by atoms with E-state index in [4.69, 9.17) is 61.6 Å². The number of carbonyl (C=O) groups excluding carboxylic acids is 2. The monoisotopic (exact) mass is 776 g/mol. The molecule has 0 bridgehead atoms. The zero-order chi connectivity index (χ0) is 38.8. The molecule has 1 atom stereocenters. The fraction of sp³-hybridized carbons (Fsp3) is 0.795. The average Bonchev–Trinajstić information content (AvgIpc) is 3.19. The van der Waals surface area contributed by atoms with Crippen LogP contribution in [0.15, 0.2) is 24.3 Å². The zero-order valence-corrected chi connectivity index (χ0v) is 32.9. The van der Waals surface area contributed by atoms with Crippen LogP contribution in [0.25, 0.3) is 0 Å². The van der Waals surface area contributed by atoms with E-state index in [-0.39, 0.29) is 18.5 Å². The van der Waals surface area contributed by atoms with Crippen molar-refractivity contribution in [3.63, 3.8) is 0 Å². The summed E-state index contributed by atoms with van der Waals surface area (Å²) in [5.41, 5.74) is 0.615. The molecule has 0 aliphatic rings. The van der Waals surface area contributed by atoms with Gasteiger partial charge < -0.3 is 61.6 Å². The lowest BCUT2D eigenvalue weighted by Crippen LogP contribution is -2.20. The Kier molecular flexibility index (Phi) is 37.2. The molecule has 0 aliphatic carbocycles. The number of carbonyl (C=O) groups is 2. The molecule has 15 nitrogen and oxygen atoms in total. The lowest BCUT2D eigenvalue weighted by atomic mass is 10.00. The van der Waals surface area contributed by atoms with Crippen molar-refractivity contribution < 1.29 is 71.2 Å². The van der Waals surface area contributed by atoms with Crippen molar-refractivity contribution in [3.05, 3.63) is 29.8 Å². The molecule has 0 amide bonds. The molecule has 0 aromatic heterocycles. The molecule has 54 heavy (non-hydrogen) atoms. The van der Waals surface area contributed by atoms with Crippen LogP contribution in [0.5, 0.6) is 5.75 Å². The third-order valence-electron chi connectivity index (χ3n) is 7.44. The minimum absolute atomic E-state index is 0.00841. The molecule has 15 heteroatoms. The number of esters is 1. The SMILES string of the molecule is CCCCC(CC)C(=O)OCCOCCOCCOCCOCCOCCOCCOCCOCCOCCOCCOCCOc1ccc(C=O)cc1. The Morgan fingerprint density at radius 1 is 0.481 bits per heavy atom. The first-order chi connectivity index (χ1) is 26.7. The van der Waals surface area contributed by atoms with Crippen molar-refractivity contribution in [1.82, 2.24) is 0 Å². The van der Waals surface area contributed by atoms with Gasteiger partial charge in [0, 0.05) is 5.56 Å². The van der Waals surface area contributed by atoms with Crippen LogP contribution in [0.3, 0.4) is 0 Å². The van der Waals surface area contributed by atoms with Crippen LogP contribution < -0.4 is 4.74 Å². The first kappa shape index (κ1) is 49.7. The van der Waals surface area contributed by atoms with Gasteiger partial charge in [0.15, 0.2) is 0 Å². The summed E-state index contributed by atoms with van der Waals surface area (Å²) in [7, 11) is 0. The van der Waals surface area contributed by atoms with Gasteiger partial charge >= 0.3 is 5.97 Å². The predicted octanol–water partition coefficient (Wildman–Crippen LogP) is 3.82. The van der Waals surface area contributed by atoms with E-state index >= 15 is 0 Å². The lowest BCUT2D eigenvalue weighted by molar-refractivity contribution is -0.150. The van der Waals surface area contributed by atoms with E-state index in [1.165, 1.54) is 0 Å². The van der Waals surface area contributed by atoms with Gasteiger partial charge in [-0.1, -0.05) is 26.7 Å². The fourth-order valence-electron chi connectivity index (χ4n) is 4.42. The molecule has 1 unspecified atom stereocenters. The van der Waals surface area contributed by atoms with Crippen molar-refractivity contribution in [3.8, 4) is 5.75 Å².